The van der Waals surface area contributed by atoms with Crippen molar-refractivity contribution in [3.05, 3.63) is 60.1 Å². The smallest absolute Gasteiger partial charge is 0.0934 e. The molecule has 0 amide bonds. The summed E-state index contributed by atoms with van der Waals surface area (Å²) in [7, 11) is 0. The van der Waals surface area contributed by atoms with Gasteiger partial charge in [-0.2, -0.15) is 0 Å². The van der Waals surface area contributed by atoms with Gasteiger partial charge in [0.25, 0.3) is 0 Å². The predicted octanol–water partition coefficient (Wildman–Crippen LogP) is 3.56. The van der Waals surface area contributed by atoms with Gasteiger partial charge in [0, 0.05) is 6.04 Å². The average molecular weight is 229 g/mol. The molecule has 2 heteroatoms. The first-order valence-electron chi connectivity index (χ1n) is 6.19. The zero-order valence-electron chi connectivity index (χ0n) is 10.2. The summed E-state index contributed by atoms with van der Waals surface area (Å²) in [5.74, 6) is 0. The fourth-order valence-electron chi connectivity index (χ4n) is 2.06. The highest BCUT2D eigenvalue weighted by atomic mass is 16.3. The van der Waals surface area contributed by atoms with Gasteiger partial charge in [-0.3, -0.25) is 0 Å². The number of rotatable bonds is 6. The fourth-order valence-corrected chi connectivity index (χ4v) is 2.06. The fraction of sp³-hybridized carbons (Fsp3) is 0.333. The van der Waals surface area contributed by atoms with E-state index in [-0.39, 0.29) is 0 Å². The molecule has 2 rings (SSSR count). The van der Waals surface area contributed by atoms with E-state index >= 15 is 0 Å². The summed E-state index contributed by atoms with van der Waals surface area (Å²) >= 11 is 0. The van der Waals surface area contributed by atoms with Crippen LogP contribution in [0, 0.1) is 0 Å². The Balaban J connectivity index is 1.98. The molecule has 0 bridgehead atoms. The summed E-state index contributed by atoms with van der Waals surface area (Å²) in [5, 5.41) is 3.53. The van der Waals surface area contributed by atoms with Gasteiger partial charge in [0.2, 0.25) is 0 Å². The van der Waals surface area contributed by atoms with Crippen molar-refractivity contribution >= 4 is 0 Å². The van der Waals surface area contributed by atoms with Crippen molar-refractivity contribution in [3.8, 4) is 0 Å². The Morgan fingerprint density at radius 1 is 1.18 bits per heavy atom. The van der Waals surface area contributed by atoms with E-state index in [9.17, 15) is 0 Å². The molecule has 0 aliphatic heterocycles. The maximum absolute atomic E-state index is 5.09. The van der Waals surface area contributed by atoms with E-state index in [0.717, 1.165) is 19.4 Å². The van der Waals surface area contributed by atoms with E-state index in [1.165, 1.54) is 11.1 Å². The molecule has 1 atom stereocenters. The van der Waals surface area contributed by atoms with Crippen LogP contribution in [-0.4, -0.2) is 6.54 Å². The standard InChI is InChI=1S/C15H19NO/c1-2-16-15(14-6-4-3-5-7-14)9-8-13-10-11-17-12-13/h3-7,10-12,15-16H,2,8-9H2,1H3. The maximum atomic E-state index is 5.09. The first-order valence-corrected chi connectivity index (χ1v) is 6.19. The SMILES string of the molecule is CCNC(CCc1ccoc1)c1ccccc1. The van der Waals surface area contributed by atoms with E-state index in [2.05, 4.69) is 42.6 Å². The summed E-state index contributed by atoms with van der Waals surface area (Å²) in [5.41, 5.74) is 2.63. The molecular weight excluding hydrogens is 210 g/mol. The van der Waals surface area contributed by atoms with Gasteiger partial charge >= 0.3 is 0 Å². The van der Waals surface area contributed by atoms with Crippen LogP contribution in [0.15, 0.2) is 53.3 Å². The van der Waals surface area contributed by atoms with Crippen LogP contribution in [0.25, 0.3) is 0 Å². The van der Waals surface area contributed by atoms with Crippen molar-refractivity contribution in [2.24, 2.45) is 0 Å². The number of nitrogens with one attached hydrogen (secondary N) is 1. The molecule has 0 aliphatic rings. The minimum absolute atomic E-state index is 0.427. The van der Waals surface area contributed by atoms with Crippen LogP contribution in [0.3, 0.4) is 0 Å². The minimum atomic E-state index is 0.427. The molecule has 2 aromatic rings. The molecular formula is C15H19NO. The van der Waals surface area contributed by atoms with Gasteiger partial charge < -0.3 is 9.73 Å². The van der Waals surface area contributed by atoms with Gasteiger partial charge in [-0.25, -0.2) is 0 Å². The van der Waals surface area contributed by atoms with Crippen LogP contribution in [0.5, 0.6) is 0 Å². The third kappa shape index (κ3) is 3.46. The van der Waals surface area contributed by atoms with E-state index in [1.54, 1.807) is 6.26 Å². The van der Waals surface area contributed by atoms with Crippen LogP contribution in [0.2, 0.25) is 0 Å². The Morgan fingerprint density at radius 2 is 2.00 bits per heavy atom. The van der Waals surface area contributed by atoms with Crippen molar-refractivity contribution in [2.75, 3.05) is 6.54 Å². The molecule has 0 saturated heterocycles. The molecule has 1 heterocycles. The van der Waals surface area contributed by atoms with Gasteiger partial charge in [-0.15, -0.1) is 0 Å². The minimum Gasteiger partial charge on any atom is -0.472 e. The van der Waals surface area contributed by atoms with Crippen LogP contribution < -0.4 is 5.32 Å². The summed E-state index contributed by atoms with van der Waals surface area (Å²) in [6.45, 7) is 3.14. The molecule has 0 aliphatic carbocycles. The first-order chi connectivity index (χ1) is 8.40. The highest BCUT2D eigenvalue weighted by Crippen LogP contribution is 2.19. The molecule has 17 heavy (non-hydrogen) atoms. The molecule has 1 aromatic carbocycles. The Kier molecular flexibility index (Phi) is 4.39. The molecule has 0 spiro atoms. The zero-order chi connectivity index (χ0) is 11.9. The second-order valence-corrected chi connectivity index (χ2v) is 4.19. The summed E-state index contributed by atoms with van der Waals surface area (Å²) < 4.78 is 5.09. The van der Waals surface area contributed by atoms with Gasteiger partial charge in [0.1, 0.15) is 0 Å². The lowest BCUT2D eigenvalue weighted by atomic mass is 10.00. The largest absolute Gasteiger partial charge is 0.472 e. The van der Waals surface area contributed by atoms with E-state index < -0.39 is 0 Å². The molecule has 1 N–H and O–H groups in total. The quantitative estimate of drug-likeness (QED) is 0.819. The van der Waals surface area contributed by atoms with Crippen LogP contribution in [0.4, 0.5) is 0 Å². The Labute approximate surface area is 103 Å². The Hall–Kier alpha value is -1.54. The molecule has 0 saturated carbocycles. The lowest BCUT2D eigenvalue weighted by molar-refractivity contribution is 0.511. The zero-order valence-corrected chi connectivity index (χ0v) is 10.2. The topological polar surface area (TPSA) is 25.2 Å². The highest BCUT2D eigenvalue weighted by Gasteiger charge is 2.09. The molecule has 0 radical (unpaired) electrons. The van der Waals surface area contributed by atoms with Gasteiger partial charge in [-0.05, 0) is 36.6 Å². The maximum Gasteiger partial charge on any atom is 0.0934 e. The Bertz CT molecular complexity index is 408. The third-order valence-electron chi connectivity index (χ3n) is 2.95. The van der Waals surface area contributed by atoms with Gasteiger partial charge in [0.05, 0.1) is 12.5 Å². The Morgan fingerprint density at radius 3 is 2.65 bits per heavy atom. The van der Waals surface area contributed by atoms with Crippen LogP contribution >= 0.6 is 0 Å². The second kappa shape index (κ2) is 6.26. The molecule has 1 aromatic heterocycles. The molecule has 2 nitrogen and oxygen atoms in total. The summed E-state index contributed by atoms with van der Waals surface area (Å²) in [4.78, 5) is 0. The normalized spacial score (nSPS) is 12.5. The van der Waals surface area contributed by atoms with E-state index in [1.807, 2.05) is 12.3 Å². The van der Waals surface area contributed by atoms with Crippen LogP contribution in [0.1, 0.15) is 30.5 Å². The highest BCUT2D eigenvalue weighted by molar-refractivity contribution is 5.19. The van der Waals surface area contributed by atoms with Crippen molar-refractivity contribution < 1.29 is 4.42 Å². The van der Waals surface area contributed by atoms with E-state index in [4.69, 9.17) is 4.42 Å². The molecule has 90 valence electrons. The number of aryl methyl sites for hydroxylation is 1. The number of benzene rings is 1. The third-order valence-corrected chi connectivity index (χ3v) is 2.95. The van der Waals surface area contributed by atoms with Gasteiger partial charge in [-0.1, -0.05) is 37.3 Å². The van der Waals surface area contributed by atoms with E-state index in [0.29, 0.717) is 6.04 Å². The van der Waals surface area contributed by atoms with Crippen molar-refractivity contribution in [3.63, 3.8) is 0 Å². The summed E-state index contributed by atoms with van der Waals surface area (Å²) in [6.07, 6.45) is 5.70. The second-order valence-electron chi connectivity index (χ2n) is 4.19. The summed E-state index contributed by atoms with van der Waals surface area (Å²) in [6, 6.07) is 13.1. The van der Waals surface area contributed by atoms with Crippen molar-refractivity contribution in [1.82, 2.24) is 5.32 Å². The van der Waals surface area contributed by atoms with Crippen LogP contribution in [-0.2, 0) is 6.42 Å². The van der Waals surface area contributed by atoms with Crippen molar-refractivity contribution in [2.45, 2.75) is 25.8 Å². The average Bonchev–Trinajstić information content (AvgIpc) is 2.88. The first kappa shape index (κ1) is 11.9. The number of hydrogen-bond donors (Lipinski definition) is 1. The number of furan rings is 1. The lowest BCUT2D eigenvalue weighted by Crippen LogP contribution is -2.21. The molecule has 1 unspecified atom stereocenters. The predicted molar refractivity (Wildman–Crippen MR) is 69.9 cm³/mol. The van der Waals surface area contributed by atoms with Gasteiger partial charge in [0.15, 0.2) is 0 Å². The monoisotopic (exact) mass is 229 g/mol. The van der Waals surface area contributed by atoms with Crippen molar-refractivity contribution in [1.29, 1.82) is 0 Å². The lowest BCUT2D eigenvalue weighted by Gasteiger charge is -2.17. The number of hydrogen-bond acceptors (Lipinski definition) is 2. The molecule has 0 fully saturated rings.